The van der Waals surface area contributed by atoms with Crippen molar-refractivity contribution in [3.8, 4) is 10.7 Å². The Labute approximate surface area is 105 Å². The van der Waals surface area contributed by atoms with Gasteiger partial charge in [-0.1, -0.05) is 6.92 Å². The second kappa shape index (κ2) is 4.59. The quantitative estimate of drug-likeness (QED) is 0.874. The fraction of sp³-hybridized carbons (Fsp3) is 0.333. The van der Waals surface area contributed by atoms with E-state index in [2.05, 4.69) is 39.1 Å². The van der Waals surface area contributed by atoms with Crippen LogP contribution in [0.15, 0.2) is 15.9 Å². The van der Waals surface area contributed by atoms with Gasteiger partial charge in [0.15, 0.2) is 10.6 Å². The Morgan fingerprint density at radius 2 is 2.47 bits per heavy atom. The van der Waals surface area contributed by atoms with Crippen LogP contribution in [0.3, 0.4) is 0 Å². The fourth-order valence-electron chi connectivity index (χ4n) is 1.37. The molecule has 2 rings (SSSR count). The molecular weight excluding hydrogens is 294 g/mol. The summed E-state index contributed by atoms with van der Waals surface area (Å²) in [6, 6.07) is 2.06. The maximum Gasteiger partial charge on any atom is 0.195 e. The van der Waals surface area contributed by atoms with Crippen LogP contribution in [-0.2, 0) is 6.54 Å². The van der Waals surface area contributed by atoms with Gasteiger partial charge in [-0.3, -0.25) is 9.67 Å². The van der Waals surface area contributed by atoms with Gasteiger partial charge in [-0.15, -0.1) is 11.3 Å². The van der Waals surface area contributed by atoms with Crippen LogP contribution in [0.1, 0.15) is 13.3 Å². The van der Waals surface area contributed by atoms with E-state index in [1.165, 1.54) is 0 Å². The highest BCUT2D eigenvalue weighted by Crippen LogP contribution is 2.28. The van der Waals surface area contributed by atoms with E-state index in [4.69, 9.17) is 12.2 Å². The van der Waals surface area contributed by atoms with Crippen molar-refractivity contribution >= 4 is 39.5 Å². The summed E-state index contributed by atoms with van der Waals surface area (Å²) in [6.07, 6.45) is 1.05. The first kappa shape index (κ1) is 11.0. The Hall–Kier alpha value is -0.460. The third kappa shape index (κ3) is 2.21. The average molecular weight is 304 g/mol. The van der Waals surface area contributed by atoms with Crippen molar-refractivity contribution in [3.63, 3.8) is 0 Å². The molecule has 0 fully saturated rings. The number of hydrogen-bond acceptors (Lipinski definition) is 3. The molecule has 0 saturated heterocycles. The molecule has 2 aromatic rings. The molecule has 0 unspecified atom stereocenters. The van der Waals surface area contributed by atoms with Crippen molar-refractivity contribution in [2.45, 2.75) is 19.9 Å². The Bertz CT molecular complexity index is 511. The smallest absolute Gasteiger partial charge is 0.195 e. The van der Waals surface area contributed by atoms with E-state index in [-0.39, 0.29) is 0 Å². The Balaban J connectivity index is 2.48. The van der Waals surface area contributed by atoms with Gasteiger partial charge in [-0.05, 0) is 40.6 Å². The lowest BCUT2D eigenvalue weighted by molar-refractivity contribution is 0.675. The number of hydrogen-bond donors (Lipinski definition) is 1. The summed E-state index contributed by atoms with van der Waals surface area (Å²) in [7, 11) is 0. The summed E-state index contributed by atoms with van der Waals surface area (Å²) in [5.41, 5.74) is 0. The number of H-pyrrole nitrogens is 1. The van der Waals surface area contributed by atoms with Crippen molar-refractivity contribution in [2.24, 2.45) is 0 Å². The lowest BCUT2D eigenvalue weighted by atomic mass is 10.4. The van der Waals surface area contributed by atoms with Gasteiger partial charge in [0.1, 0.15) is 0 Å². The predicted molar refractivity (Wildman–Crippen MR) is 68.7 cm³/mol. The predicted octanol–water partition coefficient (Wildman–Crippen LogP) is 3.84. The minimum atomic E-state index is 0.691. The largest absolute Gasteiger partial charge is 0.300 e. The van der Waals surface area contributed by atoms with E-state index in [1.54, 1.807) is 11.3 Å². The van der Waals surface area contributed by atoms with E-state index >= 15 is 0 Å². The minimum absolute atomic E-state index is 0.691. The standard InChI is InChI=1S/C9H10BrN3S2/c1-2-3-13-8(11-12-9(13)14)7-4-6(10)5-15-7/h4-5H,2-3H2,1H3,(H,12,14). The van der Waals surface area contributed by atoms with Gasteiger partial charge in [-0.25, -0.2) is 0 Å². The van der Waals surface area contributed by atoms with E-state index in [1.807, 2.05) is 9.95 Å². The van der Waals surface area contributed by atoms with Crippen LogP contribution in [0.4, 0.5) is 0 Å². The first-order valence-electron chi connectivity index (χ1n) is 4.62. The van der Waals surface area contributed by atoms with Gasteiger partial charge in [0, 0.05) is 16.4 Å². The third-order valence-electron chi connectivity index (χ3n) is 1.99. The first-order chi connectivity index (χ1) is 7.22. The second-order valence-electron chi connectivity index (χ2n) is 3.13. The van der Waals surface area contributed by atoms with Crippen LogP contribution in [-0.4, -0.2) is 14.8 Å². The van der Waals surface area contributed by atoms with Gasteiger partial charge < -0.3 is 0 Å². The van der Waals surface area contributed by atoms with Gasteiger partial charge in [-0.2, -0.15) is 5.10 Å². The summed E-state index contributed by atoms with van der Waals surface area (Å²) in [5.74, 6) is 0.928. The zero-order chi connectivity index (χ0) is 10.8. The normalized spacial score (nSPS) is 10.8. The van der Waals surface area contributed by atoms with Gasteiger partial charge in [0.25, 0.3) is 0 Å². The SMILES string of the molecule is CCCn1c(-c2cc(Br)cs2)n[nH]c1=S. The second-order valence-corrected chi connectivity index (χ2v) is 5.35. The first-order valence-corrected chi connectivity index (χ1v) is 6.70. The monoisotopic (exact) mass is 303 g/mol. The molecule has 0 radical (unpaired) electrons. The summed E-state index contributed by atoms with van der Waals surface area (Å²) in [5, 5.41) is 9.14. The van der Waals surface area contributed by atoms with Crippen LogP contribution >= 0.6 is 39.5 Å². The molecule has 15 heavy (non-hydrogen) atoms. The number of halogens is 1. The topological polar surface area (TPSA) is 33.6 Å². The molecule has 0 saturated carbocycles. The molecule has 0 atom stereocenters. The van der Waals surface area contributed by atoms with Crippen LogP contribution < -0.4 is 0 Å². The maximum absolute atomic E-state index is 5.18. The highest BCUT2D eigenvalue weighted by Gasteiger charge is 2.09. The van der Waals surface area contributed by atoms with Crippen LogP contribution in [0.5, 0.6) is 0 Å². The van der Waals surface area contributed by atoms with E-state index < -0.39 is 0 Å². The van der Waals surface area contributed by atoms with Crippen molar-refractivity contribution in [2.75, 3.05) is 0 Å². The summed E-state index contributed by atoms with van der Waals surface area (Å²) >= 11 is 10.3. The molecule has 6 heteroatoms. The molecule has 0 aliphatic carbocycles. The Morgan fingerprint density at radius 3 is 3.07 bits per heavy atom. The number of nitrogens with zero attached hydrogens (tertiary/aromatic N) is 2. The third-order valence-corrected chi connectivity index (χ3v) is 3.99. The lowest BCUT2D eigenvalue weighted by Gasteiger charge is -2.01. The maximum atomic E-state index is 5.18. The van der Waals surface area contributed by atoms with Crippen molar-refractivity contribution in [1.29, 1.82) is 0 Å². The number of aromatic nitrogens is 3. The number of nitrogens with one attached hydrogen (secondary N) is 1. The fourth-order valence-corrected chi connectivity index (χ4v) is 3.02. The molecule has 0 amide bonds. The molecule has 0 bridgehead atoms. The minimum Gasteiger partial charge on any atom is -0.300 e. The number of aromatic amines is 1. The van der Waals surface area contributed by atoms with E-state index in [9.17, 15) is 0 Å². The molecule has 2 heterocycles. The molecule has 0 aromatic carbocycles. The zero-order valence-corrected chi connectivity index (χ0v) is 11.4. The van der Waals surface area contributed by atoms with Crippen LogP contribution in [0, 0.1) is 4.77 Å². The molecule has 80 valence electrons. The van der Waals surface area contributed by atoms with Gasteiger partial charge >= 0.3 is 0 Å². The highest BCUT2D eigenvalue weighted by atomic mass is 79.9. The molecule has 1 N–H and O–H groups in total. The van der Waals surface area contributed by atoms with Crippen LogP contribution in [0.25, 0.3) is 10.7 Å². The van der Waals surface area contributed by atoms with Gasteiger partial charge in [0.05, 0.1) is 4.88 Å². The van der Waals surface area contributed by atoms with E-state index in [0.29, 0.717) is 4.77 Å². The molecule has 2 aromatic heterocycles. The summed E-state index contributed by atoms with van der Waals surface area (Å²) in [6.45, 7) is 3.03. The average Bonchev–Trinajstić information content (AvgIpc) is 2.76. The van der Waals surface area contributed by atoms with Crippen LogP contribution in [0.2, 0.25) is 0 Å². The van der Waals surface area contributed by atoms with Crippen molar-refractivity contribution in [3.05, 3.63) is 20.7 Å². The lowest BCUT2D eigenvalue weighted by Crippen LogP contribution is -1.98. The van der Waals surface area contributed by atoms with E-state index in [0.717, 1.165) is 28.1 Å². The zero-order valence-electron chi connectivity index (χ0n) is 8.16. The van der Waals surface area contributed by atoms with Crippen molar-refractivity contribution < 1.29 is 0 Å². The number of rotatable bonds is 3. The van der Waals surface area contributed by atoms with Gasteiger partial charge in [0.2, 0.25) is 0 Å². The Kier molecular flexibility index (Phi) is 3.38. The summed E-state index contributed by atoms with van der Waals surface area (Å²) in [4.78, 5) is 1.13. The van der Waals surface area contributed by atoms with Crippen molar-refractivity contribution in [1.82, 2.24) is 14.8 Å². The Morgan fingerprint density at radius 1 is 1.67 bits per heavy atom. The molecule has 3 nitrogen and oxygen atoms in total. The number of thiophene rings is 1. The highest BCUT2D eigenvalue weighted by molar-refractivity contribution is 9.10. The molecule has 0 spiro atoms. The summed E-state index contributed by atoms with van der Waals surface area (Å²) < 4.78 is 3.81. The molecular formula is C9H10BrN3S2. The molecule has 0 aliphatic rings. The molecule has 0 aliphatic heterocycles.